The van der Waals surface area contributed by atoms with Crippen LogP contribution in [0.15, 0.2) is 6.07 Å². The number of hydrogen-bond acceptors (Lipinski definition) is 5. The fraction of sp³-hybridized carbons (Fsp3) is 0.667. The first-order valence-electron chi connectivity index (χ1n) is 6.06. The minimum atomic E-state index is 0.311. The molecule has 2 N–H and O–H groups in total. The van der Waals surface area contributed by atoms with Crippen molar-refractivity contribution in [3.63, 3.8) is 0 Å². The monoisotopic (exact) mass is 236 g/mol. The van der Waals surface area contributed by atoms with E-state index in [4.69, 9.17) is 10.5 Å². The average Bonchev–Trinajstić information content (AvgIpc) is 2.81. The SMILES string of the molecule is Cc1cc(CN)nc(N(C)CC2CCCO2)n1. The van der Waals surface area contributed by atoms with E-state index in [1.165, 1.54) is 0 Å². The maximum Gasteiger partial charge on any atom is 0.225 e. The van der Waals surface area contributed by atoms with Crippen LogP contribution in [0.4, 0.5) is 5.95 Å². The number of likely N-dealkylation sites (N-methyl/N-ethyl adjacent to an activating group) is 1. The highest BCUT2D eigenvalue weighted by Gasteiger charge is 2.18. The molecule has 0 radical (unpaired) electrons. The summed E-state index contributed by atoms with van der Waals surface area (Å²) in [6, 6.07) is 1.92. The van der Waals surface area contributed by atoms with Crippen LogP contribution in [0.3, 0.4) is 0 Å². The molecule has 0 spiro atoms. The van der Waals surface area contributed by atoms with E-state index in [9.17, 15) is 0 Å². The van der Waals surface area contributed by atoms with Crippen molar-refractivity contribution in [1.29, 1.82) is 0 Å². The summed E-state index contributed by atoms with van der Waals surface area (Å²) >= 11 is 0. The second kappa shape index (κ2) is 5.42. The van der Waals surface area contributed by atoms with Gasteiger partial charge in [0.2, 0.25) is 5.95 Å². The summed E-state index contributed by atoms with van der Waals surface area (Å²) in [5.41, 5.74) is 7.45. The largest absolute Gasteiger partial charge is 0.376 e. The maximum absolute atomic E-state index is 5.62. The lowest BCUT2D eigenvalue weighted by Gasteiger charge is -2.21. The molecule has 1 aliphatic heterocycles. The Morgan fingerprint density at radius 1 is 1.53 bits per heavy atom. The third-order valence-corrected chi connectivity index (χ3v) is 2.95. The Hall–Kier alpha value is -1.20. The van der Waals surface area contributed by atoms with E-state index >= 15 is 0 Å². The molecular weight excluding hydrogens is 216 g/mol. The first-order valence-corrected chi connectivity index (χ1v) is 6.06. The predicted molar refractivity (Wildman–Crippen MR) is 66.9 cm³/mol. The summed E-state index contributed by atoms with van der Waals surface area (Å²) in [5, 5.41) is 0. The van der Waals surface area contributed by atoms with Crippen molar-refractivity contribution >= 4 is 5.95 Å². The topological polar surface area (TPSA) is 64.3 Å². The smallest absolute Gasteiger partial charge is 0.225 e. The zero-order valence-corrected chi connectivity index (χ0v) is 10.5. The van der Waals surface area contributed by atoms with Gasteiger partial charge in [0.05, 0.1) is 11.8 Å². The van der Waals surface area contributed by atoms with Crippen LogP contribution in [0.2, 0.25) is 0 Å². The van der Waals surface area contributed by atoms with Crippen LogP contribution in [-0.2, 0) is 11.3 Å². The number of nitrogens with zero attached hydrogens (tertiary/aromatic N) is 3. The Balaban J connectivity index is 2.06. The van der Waals surface area contributed by atoms with E-state index in [0.29, 0.717) is 12.6 Å². The van der Waals surface area contributed by atoms with Gasteiger partial charge in [-0.25, -0.2) is 9.97 Å². The molecule has 1 aromatic heterocycles. The van der Waals surface area contributed by atoms with Gasteiger partial charge in [-0.2, -0.15) is 0 Å². The van der Waals surface area contributed by atoms with Crippen LogP contribution in [-0.4, -0.2) is 36.3 Å². The van der Waals surface area contributed by atoms with Gasteiger partial charge in [0.1, 0.15) is 0 Å². The number of rotatable bonds is 4. The molecule has 0 amide bonds. The third-order valence-electron chi connectivity index (χ3n) is 2.95. The number of ether oxygens (including phenoxy) is 1. The first kappa shape index (κ1) is 12.3. The minimum Gasteiger partial charge on any atom is -0.376 e. The summed E-state index contributed by atoms with van der Waals surface area (Å²) in [4.78, 5) is 10.9. The molecule has 1 aromatic rings. The van der Waals surface area contributed by atoms with Crippen LogP contribution in [0.25, 0.3) is 0 Å². The lowest BCUT2D eigenvalue weighted by molar-refractivity contribution is 0.116. The highest BCUT2D eigenvalue weighted by atomic mass is 16.5. The average molecular weight is 236 g/mol. The minimum absolute atomic E-state index is 0.311. The Kier molecular flexibility index (Phi) is 3.91. The number of hydrogen-bond donors (Lipinski definition) is 1. The summed E-state index contributed by atoms with van der Waals surface area (Å²) in [5.74, 6) is 0.737. The molecule has 0 aliphatic carbocycles. The standard InChI is InChI=1S/C12H20N4O/c1-9-6-10(7-13)15-12(14-9)16(2)8-11-4-3-5-17-11/h6,11H,3-5,7-8,13H2,1-2H3. The third kappa shape index (κ3) is 3.14. The van der Waals surface area contributed by atoms with Gasteiger partial charge in [-0.1, -0.05) is 0 Å². The molecule has 1 saturated heterocycles. The molecule has 1 atom stereocenters. The molecule has 1 unspecified atom stereocenters. The van der Waals surface area contributed by atoms with Gasteiger partial charge in [-0.3, -0.25) is 0 Å². The molecule has 0 bridgehead atoms. The van der Waals surface area contributed by atoms with Crippen molar-refractivity contribution in [1.82, 2.24) is 9.97 Å². The molecule has 17 heavy (non-hydrogen) atoms. The van der Waals surface area contributed by atoms with Crippen LogP contribution in [0.1, 0.15) is 24.2 Å². The first-order chi connectivity index (χ1) is 8.19. The van der Waals surface area contributed by atoms with Crippen molar-refractivity contribution in [2.75, 3.05) is 25.1 Å². The summed E-state index contributed by atoms with van der Waals surface area (Å²) in [6.07, 6.45) is 2.59. The van der Waals surface area contributed by atoms with Gasteiger partial charge in [0.15, 0.2) is 0 Å². The lowest BCUT2D eigenvalue weighted by Crippen LogP contribution is -2.30. The molecule has 1 fully saturated rings. The summed E-state index contributed by atoms with van der Waals surface area (Å²) in [6.45, 7) is 4.13. The van der Waals surface area contributed by atoms with Crippen molar-refractivity contribution in [3.8, 4) is 0 Å². The Morgan fingerprint density at radius 3 is 3.00 bits per heavy atom. The number of aromatic nitrogens is 2. The van der Waals surface area contributed by atoms with Gasteiger partial charge in [0.25, 0.3) is 0 Å². The zero-order valence-electron chi connectivity index (χ0n) is 10.5. The molecule has 0 aromatic carbocycles. The Labute approximate surface area is 102 Å². The van der Waals surface area contributed by atoms with E-state index < -0.39 is 0 Å². The molecule has 2 heterocycles. The van der Waals surface area contributed by atoms with E-state index in [1.807, 2.05) is 24.9 Å². The number of nitrogens with two attached hydrogens (primary N) is 1. The van der Waals surface area contributed by atoms with Crippen molar-refractivity contribution in [2.24, 2.45) is 5.73 Å². The molecule has 0 saturated carbocycles. The van der Waals surface area contributed by atoms with Crippen LogP contribution in [0, 0.1) is 6.92 Å². The number of aryl methyl sites for hydroxylation is 1. The van der Waals surface area contributed by atoms with Gasteiger partial charge in [0, 0.05) is 32.4 Å². The summed E-state index contributed by atoms with van der Waals surface area (Å²) in [7, 11) is 2.00. The predicted octanol–water partition coefficient (Wildman–Crippen LogP) is 0.859. The van der Waals surface area contributed by atoms with Crippen LogP contribution < -0.4 is 10.6 Å². The van der Waals surface area contributed by atoms with Gasteiger partial charge >= 0.3 is 0 Å². The highest BCUT2D eigenvalue weighted by molar-refractivity contribution is 5.31. The molecule has 94 valence electrons. The molecule has 5 nitrogen and oxygen atoms in total. The fourth-order valence-electron chi connectivity index (χ4n) is 2.07. The van der Waals surface area contributed by atoms with E-state index in [1.54, 1.807) is 0 Å². The summed E-state index contributed by atoms with van der Waals surface area (Å²) < 4.78 is 5.61. The lowest BCUT2D eigenvalue weighted by atomic mass is 10.2. The van der Waals surface area contributed by atoms with Crippen molar-refractivity contribution < 1.29 is 4.74 Å². The normalized spacial score (nSPS) is 19.6. The second-order valence-electron chi connectivity index (χ2n) is 4.52. The van der Waals surface area contributed by atoms with Crippen molar-refractivity contribution in [2.45, 2.75) is 32.4 Å². The second-order valence-corrected chi connectivity index (χ2v) is 4.52. The van der Waals surface area contributed by atoms with E-state index in [0.717, 1.165) is 43.3 Å². The Bertz CT molecular complexity index is 377. The van der Waals surface area contributed by atoms with E-state index in [2.05, 4.69) is 9.97 Å². The van der Waals surface area contributed by atoms with Gasteiger partial charge < -0.3 is 15.4 Å². The van der Waals surface area contributed by atoms with Gasteiger partial charge in [-0.15, -0.1) is 0 Å². The maximum atomic E-state index is 5.62. The molecule has 5 heteroatoms. The molecular formula is C12H20N4O. The quantitative estimate of drug-likeness (QED) is 0.840. The van der Waals surface area contributed by atoms with Crippen LogP contribution in [0.5, 0.6) is 0 Å². The molecule has 1 aliphatic rings. The number of anilines is 1. The van der Waals surface area contributed by atoms with E-state index in [-0.39, 0.29) is 0 Å². The van der Waals surface area contributed by atoms with Crippen molar-refractivity contribution in [3.05, 3.63) is 17.5 Å². The fourth-order valence-corrected chi connectivity index (χ4v) is 2.07. The molecule has 2 rings (SSSR count). The van der Waals surface area contributed by atoms with Gasteiger partial charge in [-0.05, 0) is 25.8 Å². The Morgan fingerprint density at radius 2 is 2.35 bits per heavy atom. The highest BCUT2D eigenvalue weighted by Crippen LogP contribution is 2.15. The zero-order chi connectivity index (χ0) is 12.3. The van der Waals surface area contributed by atoms with Crippen LogP contribution >= 0.6 is 0 Å².